The molecule has 1 amide bonds. The summed E-state index contributed by atoms with van der Waals surface area (Å²) < 4.78 is 52.1. The molecule has 0 fully saturated rings. The number of carbonyl (C=O) groups excluding carboxylic acids is 1. The molecule has 0 bridgehead atoms. The Morgan fingerprint density at radius 2 is 2.00 bits per heavy atom. The van der Waals surface area contributed by atoms with Crippen LogP contribution in [0.5, 0.6) is 0 Å². The van der Waals surface area contributed by atoms with Crippen LogP contribution in [0.3, 0.4) is 0 Å². The number of halogens is 5. The van der Waals surface area contributed by atoms with E-state index in [2.05, 4.69) is 36.0 Å². The number of nitrogens with zero attached hydrogens (tertiary/aromatic N) is 5. The maximum absolute atomic E-state index is 13.5. The van der Waals surface area contributed by atoms with Gasteiger partial charge in [-0.2, -0.15) is 18.0 Å². The average molecular weight is 503 g/mol. The van der Waals surface area contributed by atoms with Crippen LogP contribution in [-0.4, -0.2) is 49.2 Å². The number of carbonyl (C=O) groups is 1. The van der Waals surface area contributed by atoms with Crippen molar-refractivity contribution in [2.24, 2.45) is 0 Å². The van der Waals surface area contributed by atoms with Crippen molar-refractivity contribution in [3.8, 4) is 0 Å². The molecule has 9 nitrogen and oxygen atoms in total. The summed E-state index contributed by atoms with van der Waals surface area (Å²) in [6.07, 6.45) is -2.39. The first-order valence-electron chi connectivity index (χ1n) is 10.6. The number of tetrazole rings is 1. The van der Waals surface area contributed by atoms with Gasteiger partial charge >= 0.3 is 6.18 Å². The predicted octanol–water partition coefficient (Wildman–Crippen LogP) is 3.83. The van der Waals surface area contributed by atoms with E-state index >= 15 is 0 Å². The lowest BCUT2D eigenvalue weighted by Crippen LogP contribution is -2.26. The van der Waals surface area contributed by atoms with Gasteiger partial charge in [0.15, 0.2) is 11.6 Å². The topological polar surface area (TPSA) is 113 Å². The molecular formula is C20H23ClF4N8O. The highest BCUT2D eigenvalue weighted by Gasteiger charge is 2.31. The largest absolute Gasteiger partial charge is 0.416 e. The fourth-order valence-electron chi connectivity index (χ4n) is 3.07. The summed E-state index contributed by atoms with van der Waals surface area (Å²) in [5.74, 6) is -0.838. The number of amides is 1. The van der Waals surface area contributed by atoms with Gasteiger partial charge in [-0.15, -0.1) is 10.2 Å². The van der Waals surface area contributed by atoms with Crippen LogP contribution < -0.4 is 10.6 Å². The number of alkyl halides is 3. The van der Waals surface area contributed by atoms with Gasteiger partial charge in [0, 0.05) is 19.5 Å². The third-order valence-electron chi connectivity index (χ3n) is 4.69. The Balaban J connectivity index is 1.49. The molecule has 14 heteroatoms. The molecule has 184 valence electrons. The second-order valence-electron chi connectivity index (χ2n) is 7.47. The molecule has 3 rings (SSSR count). The van der Waals surface area contributed by atoms with Crippen LogP contribution in [-0.2, 0) is 19.1 Å². The van der Waals surface area contributed by atoms with Crippen LogP contribution in [0.25, 0.3) is 0 Å². The number of aromatic nitrogens is 6. The fourth-order valence-corrected chi connectivity index (χ4v) is 3.25. The number of aromatic amines is 1. The Morgan fingerprint density at radius 1 is 1.21 bits per heavy atom. The Kier molecular flexibility index (Phi) is 8.42. The molecule has 3 aromatic rings. The van der Waals surface area contributed by atoms with Crippen molar-refractivity contribution in [2.75, 3.05) is 18.4 Å². The second kappa shape index (κ2) is 11.3. The molecule has 0 saturated carbocycles. The van der Waals surface area contributed by atoms with Crippen LogP contribution in [0.15, 0.2) is 18.2 Å². The lowest BCUT2D eigenvalue weighted by Gasteiger charge is -2.08. The summed E-state index contributed by atoms with van der Waals surface area (Å²) in [6, 6.07) is 2.29. The molecule has 0 radical (unpaired) electrons. The van der Waals surface area contributed by atoms with Gasteiger partial charge in [0.2, 0.25) is 5.28 Å². The molecule has 0 atom stereocenters. The molecule has 3 N–H and O–H groups in total. The minimum Gasteiger partial charge on any atom is -0.368 e. The third kappa shape index (κ3) is 7.14. The first-order chi connectivity index (χ1) is 16.2. The highest BCUT2D eigenvalue weighted by atomic mass is 35.5. The van der Waals surface area contributed by atoms with E-state index in [0.717, 1.165) is 25.0 Å². The van der Waals surface area contributed by atoms with E-state index < -0.39 is 17.6 Å². The van der Waals surface area contributed by atoms with Crippen LogP contribution >= 0.6 is 11.6 Å². The first-order valence-corrected chi connectivity index (χ1v) is 10.9. The highest BCUT2D eigenvalue weighted by Crippen LogP contribution is 2.30. The summed E-state index contributed by atoms with van der Waals surface area (Å²) in [6.45, 7) is 3.30. The Bertz CT molecular complexity index is 1110. The zero-order valence-electron chi connectivity index (χ0n) is 18.2. The van der Waals surface area contributed by atoms with Crippen molar-refractivity contribution >= 4 is 23.3 Å². The van der Waals surface area contributed by atoms with Gasteiger partial charge in [0.05, 0.1) is 12.1 Å². The minimum absolute atomic E-state index is 0.0840. The van der Waals surface area contributed by atoms with Crippen molar-refractivity contribution in [2.45, 2.75) is 45.3 Å². The molecule has 0 aliphatic rings. The van der Waals surface area contributed by atoms with Crippen LogP contribution in [0.2, 0.25) is 5.28 Å². The van der Waals surface area contributed by atoms with E-state index in [0.29, 0.717) is 37.9 Å². The zero-order chi connectivity index (χ0) is 24.7. The van der Waals surface area contributed by atoms with Crippen molar-refractivity contribution < 1.29 is 22.4 Å². The van der Waals surface area contributed by atoms with Gasteiger partial charge < -0.3 is 15.6 Å². The van der Waals surface area contributed by atoms with Crippen molar-refractivity contribution in [3.63, 3.8) is 0 Å². The van der Waals surface area contributed by atoms with Crippen LogP contribution in [0, 0.1) is 5.82 Å². The molecular weight excluding hydrogens is 480 g/mol. The Morgan fingerprint density at radius 3 is 2.74 bits per heavy atom. The van der Waals surface area contributed by atoms with E-state index in [4.69, 9.17) is 11.6 Å². The van der Waals surface area contributed by atoms with Gasteiger partial charge in [0.1, 0.15) is 11.5 Å². The van der Waals surface area contributed by atoms with E-state index in [1.54, 1.807) is 0 Å². The summed E-state index contributed by atoms with van der Waals surface area (Å²) in [5, 5.41) is 17.6. The van der Waals surface area contributed by atoms with Crippen molar-refractivity contribution in [3.05, 3.63) is 51.9 Å². The third-order valence-corrected chi connectivity index (χ3v) is 4.87. The summed E-state index contributed by atoms with van der Waals surface area (Å²) in [7, 11) is 0. The summed E-state index contributed by atoms with van der Waals surface area (Å²) >= 11 is 5.87. The zero-order valence-corrected chi connectivity index (χ0v) is 19.0. The number of unbranched alkanes of at least 4 members (excludes halogenated alkanes) is 1. The minimum atomic E-state index is -4.65. The van der Waals surface area contributed by atoms with Crippen molar-refractivity contribution in [1.82, 2.24) is 35.5 Å². The van der Waals surface area contributed by atoms with Gasteiger partial charge in [-0.3, -0.25) is 4.79 Å². The van der Waals surface area contributed by atoms with Crippen LogP contribution in [0.4, 0.5) is 23.4 Å². The number of aryl methyl sites for hydroxylation is 1. The molecule has 0 aliphatic carbocycles. The maximum atomic E-state index is 13.5. The number of hydrogen-bond donors (Lipinski definition) is 3. The van der Waals surface area contributed by atoms with E-state index in [9.17, 15) is 22.4 Å². The molecule has 2 heterocycles. The number of nitrogens with one attached hydrogen (secondary N) is 3. The van der Waals surface area contributed by atoms with Gasteiger partial charge in [-0.05, 0) is 53.4 Å². The van der Waals surface area contributed by atoms with Gasteiger partial charge in [-0.25, -0.2) is 9.37 Å². The Labute approximate surface area is 197 Å². The summed E-state index contributed by atoms with van der Waals surface area (Å²) in [4.78, 5) is 20.5. The lowest BCUT2D eigenvalue weighted by molar-refractivity contribution is -0.137. The number of rotatable bonds is 11. The fraction of sp³-hybridized carbons (Fsp3) is 0.450. The number of H-pyrrole nitrogens is 1. The van der Waals surface area contributed by atoms with E-state index in [1.165, 1.54) is 4.80 Å². The first kappa shape index (κ1) is 25.4. The number of benzene rings is 1. The smallest absolute Gasteiger partial charge is 0.368 e. The Hall–Kier alpha value is -3.22. The SMILES string of the molecule is CCCCNc1nc(Cl)[nH]c1C(=O)NCCCn1nnc(Cc2cc(F)cc(C(F)(F)F)c2)n1. The molecule has 0 unspecified atom stereocenters. The highest BCUT2D eigenvalue weighted by molar-refractivity contribution is 6.28. The number of anilines is 1. The quantitative estimate of drug-likeness (QED) is 0.271. The van der Waals surface area contributed by atoms with Gasteiger partial charge in [0.25, 0.3) is 5.91 Å². The average Bonchev–Trinajstić information content (AvgIpc) is 3.36. The monoisotopic (exact) mass is 502 g/mol. The molecule has 0 saturated heterocycles. The molecule has 34 heavy (non-hydrogen) atoms. The standard InChI is InChI=1S/C20H23ClF4N8O/c1-2-3-5-26-17-16(28-19(21)29-17)18(34)27-6-4-7-33-31-15(30-32-33)10-12-8-13(20(23,24)25)11-14(22)9-12/h8-9,11,26H,2-7,10H2,1H3,(H,27,34)(H,28,29). The second-order valence-corrected chi connectivity index (χ2v) is 7.82. The van der Waals surface area contributed by atoms with E-state index in [-0.39, 0.29) is 34.7 Å². The maximum Gasteiger partial charge on any atom is 0.416 e. The van der Waals surface area contributed by atoms with Crippen LogP contribution in [0.1, 0.15) is 53.6 Å². The van der Waals surface area contributed by atoms with Crippen molar-refractivity contribution in [1.29, 1.82) is 0 Å². The molecule has 1 aromatic carbocycles. The lowest BCUT2D eigenvalue weighted by atomic mass is 10.1. The molecule has 2 aromatic heterocycles. The molecule has 0 spiro atoms. The number of imidazole rings is 1. The summed E-state index contributed by atoms with van der Waals surface area (Å²) in [5.41, 5.74) is -0.760. The van der Waals surface area contributed by atoms with E-state index in [1.807, 2.05) is 6.92 Å². The predicted molar refractivity (Wildman–Crippen MR) is 116 cm³/mol. The normalized spacial score (nSPS) is 11.6. The number of hydrogen-bond acceptors (Lipinski definition) is 6. The molecule has 0 aliphatic heterocycles. The van der Waals surface area contributed by atoms with Gasteiger partial charge in [-0.1, -0.05) is 13.3 Å².